The molecule has 0 fully saturated rings. The average molecular weight is 278 g/mol. The monoisotopic (exact) mass is 277 g/mol. The lowest BCUT2D eigenvalue weighted by Gasteiger charge is -2.11. The molecule has 1 aromatic carbocycles. The Labute approximate surface area is 107 Å². The van der Waals surface area contributed by atoms with E-state index in [1.165, 1.54) is 12.1 Å². The Morgan fingerprint density at radius 3 is 2.65 bits per heavy atom. The highest BCUT2D eigenvalue weighted by Crippen LogP contribution is 2.19. The zero-order valence-electron chi connectivity index (χ0n) is 9.56. The van der Waals surface area contributed by atoms with Crippen LogP contribution >= 0.6 is 11.6 Å². The first-order chi connectivity index (χ1) is 7.97. The molecule has 0 radical (unpaired) electrons. The molecule has 1 rings (SSSR count). The summed E-state index contributed by atoms with van der Waals surface area (Å²) in [6.45, 7) is 1.92. The zero-order valence-corrected chi connectivity index (χ0v) is 11.1. The minimum Gasteiger partial charge on any atom is -0.392 e. The van der Waals surface area contributed by atoms with Gasteiger partial charge in [0, 0.05) is 6.54 Å². The number of hydrogen-bond donors (Lipinski definition) is 2. The predicted octanol–water partition coefficient (Wildman–Crippen LogP) is 1.78. The van der Waals surface area contributed by atoms with Gasteiger partial charge in [0.05, 0.1) is 11.1 Å². The number of sulfonamides is 1. The van der Waals surface area contributed by atoms with Gasteiger partial charge in [0.1, 0.15) is 4.90 Å². The molecule has 1 unspecified atom stereocenters. The maximum absolute atomic E-state index is 11.9. The second-order valence-electron chi connectivity index (χ2n) is 3.72. The Kier molecular flexibility index (Phi) is 5.39. The summed E-state index contributed by atoms with van der Waals surface area (Å²) in [6.07, 6.45) is 0.692. The minimum atomic E-state index is -3.65. The van der Waals surface area contributed by atoms with Gasteiger partial charge in [0.15, 0.2) is 0 Å². The molecule has 1 atom stereocenters. The Balaban J connectivity index is 2.73. The summed E-state index contributed by atoms with van der Waals surface area (Å²) in [5.74, 6) is 0. The van der Waals surface area contributed by atoms with Crippen molar-refractivity contribution >= 4 is 21.6 Å². The SMILES string of the molecule is CCCC(O)CNS(=O)(=O)c1ccccc1Cl. The van der Waals surface area contributed by atoms with Gasteiger partial charge in [-0.25, -0.2) is 13.1 Å². The number of hydrogen-bond acceptors (Lipinski definition) is 3. The molecule has 0 bridgehead atoms. The summed E-state index contributed by atoms with van der Waals surface area (Å²) >= 11 is 5.80. The van der Waals surface area contributed by atoms with Gasteiger partial charge in [-0.3, -0.25) is 0 Å². The Hall–Kier alpha value is -0.620. The molecular formula is C11H16ClNO3S. The van der Waals surface area contributed by atoms with Gasteiger partial charge in [-0.1, -0.05) is 37.1 Å². The summed E-state index contributed by atoms with van der Waals surface area (Å²) < 4.78 is 26.0. The van der Waals surface area contributed by atoms with Crippen molar-refractivity contribution in [3.05, 3.63) is 29.3 Å². The normalized spacial score (nSPS) is 13.6. The highest BCUT2D eigenvalue weighted by atomic mass is 35.5. The van der Waals surface area contributed by atoms with Crippen LogP contribution in [0, 0.1) is 0 Å². The first-order valence-corrected chi connectivity index (χ1v) is 7.25. The lowest BCUT2D eigenvalue weighted by Crippen LogP contribution is -2.32. The summed E-state index contributed by atoms with van der Waals surface area (Å²) in [7, 11) is -3.65. The molecule has 1 aromatic rings. The van der Waals surface area contributed by atoms with Crippen LogP contribution < -0.4 is 4.72 Å². The summed E-state index contributed by atoms with van der Waals surface area (Å²) in [4.78, 5) is 0.0327. The predicted molar refractivity (Wildman–Crippen MR) is 67.6 cm³/mol. The van der Waals surface area contributed by atoms with Gasteiger partial charge < -0.3 is 5.11 Å². The highest BCUT2D eigenvalue weighted by Gasteiger charge is 2.18. The van der Waals surface area contributed by atoms with Crippen LogP contribution in [0.4, 0.5) is 0 Å². The molecule has 4 nitrogen and oxygen atoms in total. The van der Waals surface area contributed by atoms with E-state index in [2.05, 4.69) is 4.72 Å². The minimum absolute atomic E-state index is 0.00139. The molecule has 0 aliphatic heterocycles. The van der Waals surface area contributed by atoms with Gasteiger partial charge >= 0.3 is 0 Å². The molecule has 0 amide bonds. The molecule has 0 aliphatic rings. The van der Waals surface area contributed by atoms with E-state index >= 15 is 0 Å². The van der Waals surface area contributed by atoms with E-state index in [0.29, 0.717) is 6.42 Å². The van der Waals surface area contributed by atoms with Crippen LogP contribution in [0.3, 0.4) is 0 Å². The van der Waals surface area contributed by atoms with Gasteiger partial charge in [0.2, 0.25) is 10.0 Å². The van der Waals surface area contributed by atoms with Crippen LogP contribution in [0.15, 0.2) is 29.2 Å². The molecule has 0 aromatic heterocycles. The first-order valence-electron chi connectivity index (χ1n) is 5.39. The van der Waals surface area contributed by atoms with Gasteiger partial charge in [-0.15, -0.1) is 0 Å². The topological polar surface area (TPSA) is 66.4 Å². The van der Waals surface area contributed by atoms with E-state index in [0.717, 1.165) is 6.42 Å². The van der Waals surface area contributed by atoms with Crippen LogP contribution in [0.1, 0.15) is 19.8 Å². The largest absolute Gasteiger partial charge is 0.392 e. The summed E-state index contributed by atoms with van der Waals surface area (Å²) in [5.41, 5.74) is 0. The third kappa shape index (κ3) is 4.27. The van der Waals surface area contributed by atoms with Crippen molar-refractivity contribution in [1.82, 2.24) is 4.72 Å². The number of nitrogens with one attached hydrogen (secondary N) is 1. The number of halogens is 1. The molecule has 96 valence electrons. The first kappa shape index (κ1) is 14.4. The second kappa shape index (κ2) is 6.35. The van der Waals surface area contributed by atoms with Crippen molar-refractivity contribution in [2.24, 2.45) is 0 Å². The van der Waals surface area contributed by atoms with Crippen molar-refractivity contribution in [3.63, 3.8) is 0 Å². The lowest BCUT2D eigenvalue weighted by molar-refractivity contribution is 0.167. The number of aliphatic hydroxyl groups is 1. The van der Waals surface area contributed by atoms with E-state index in [4.69, 9.17) is 11.6 Å². The molecule has 0 heterocycles. The Morgan fingerprint density at radius 2 is 2.06 bits per heavy atom. The fourth-order valence-corrected chi connectivity index (χ4v) is 2.97. The standard InChI is InChI=1S/C11H16ClNO3S/c1-2-5-9(14)8-13-17(15,16)11-7-4-3-6-10(11)12/h3-4,6-7,9,13-14H,2,5,8H2,1H3. The molecule has 2 N–H and O–H groups in total. The third-order valence-electron chi connectivity index (χ3n) is 2.26. The maximum Gasteiger partial charge on any atom is 0.242 e. The maximum atomic E-state index is 11.9. The zero-order chi connectivity index (χ0) is 12.9. The van der Waals surface area contributed by atoms with Crippen LogP contribution in [0.25, 0.3) is 0 Å². The molecule has 0 saturated carbocycles. The summed E-state index contributed by atoms with van der Waals surface area (Å²) in [6, 6.07) is 6.20. The molecule has 0 spiro atoms. The van der Waals surface area contributed by atoms with Crippen molar-refractivity contribution in [1.29, 1.82) is 0 Å². The van der Waals surface area contributed by atoms with Gasteiger partial charge in [-0.2, -0.15) is 0 Å². The average Bonchev–Trinajstić information content (AvgIpc) is 2.27. The smallest absolute Gasteiger partial charge is 0.242 e. The fraction of sp³-hybridized carbons (Fsp3) is 0.455. The molecular weight excluding hydrogens is 262 g/mol. The van der Waals surface area contributed by atoms with Crippen LogP contribution in [0.5, 0.6) is 0 Å². The molecule has 6 heteroatoms. The van der Waals surface area contributed by atoms with Crippen molar-refractivity contribution < 1.29 is 13.5 Å². The van der Waals surface area contributed by atoms with Gasteiger partial charge in [0.25, 0.3) is 0 Å². The fourth-order valence-electron chi connectivity index (χ4n) is 1.38. The van der Waals surface area contributed by atoms with Crippen LogP contribution in [0.2, 0.25) is 5.02 Å². The number of aliphatic hydroxyl groups excluding tert-OH is 1. The second-order valence-corrected chi connectivity index (χ2v) is 5.87. The van der Waals surface area contributed by atoms with E-state index in [9.17, 15) is 13.5 Å². The molecule has 17 heavy (non-hydrogen) atoms. The van der Waals surface area contributed by atoms with E-state index in [1.54, 1.807) is 12.1 Å². The van der Waals surface area contributed by atoms with Crippen LogP contribution in [-0.4, -0.2) is 26.2 Å². The molecule has 0 aliphatic carbocycles. The van der Waals surface area contributed by atoms with Crippen molar-refractivity contribution in [3.8, 4) is 0 Å². The van der Waals surface area contributed by atoms with Crippen LogP contribution in [-0.2, 0) is 10.0 Å². The van der Waals surface area contributed by atoms with E-state index in [-0.39, 0.29) is 16.5 Å². The number of rotatable bonds is 6. The molecule has 0 saturated heterocycles. The van der Waals surface area contributed by atoms with Crippen molar-refractivity contribution in [2.75, 3.05) is 6.54 Å². The van der Waals surface area contributed by atoms with E-state index < -0.39 is 16.1 Å². The summed E-state index contributed by atoms with van der Waals surface area (Å²) in [5, 5.41) is 9.64. The van der Waals surface area contributed by atoms with Crippen molar-refractivity contribution in [2.45, 2.75) is 30.8 Å². The Morgan fingerprint density at radius 1 is 1.41 bits per heavy atom. The number of benzene rings is 1. The van der Waals surface area contributed by atoms with Gasteiger partial charge in [-0.05, 0) is 18.6 Å². The third-order valence-corrected chi connectivity index (χ3v) is 4.18. The lowest BCUT2D eigenvalue weighted by atomic mass is 10.2. The van der Waals surface area contributed by atoms with E-state index in [1.807, 2.05) is 6.92 Å². The quantitative estimate of drug-likeness (QED) is 0.833. The Bertz CT molecular complexity index is 462. The highest BCUT2D eigenvalue weighted by molar-refractivity contribution is 7.89.